The Hall–Kier alpha value is -5.44. The minimum atomic E-state index is -1.12. The van der Waals surface area contributed by atoms with Crippen LogP contribution in [0.1, 0.15) is 72.3 Å². The topological polar surface area (TPSA) is 136 Å². The van der Waals surface area contributed by atoms with Crippen LogP contribution in [0.2, 0.25) is 0 Å². The van der Waals surface area contributed by atoms with Gasteiger partial charge in [-0.15, -0.1) is 0 Å². The molecule has 0 saturated carbocycles. The second-order valence-electron chi connectivity index (χ2n) is 9.15. The number of carbonyl (C=O) groups excluding carboxylic acids is 4. The molecule has 0 atom stereocenters. The first-order valence-corrected chi connectivity index (χ1v) is 13.1. The highest BCUT2D eigenvalue weighted by molar-refractivity contribution is 6.24. The molecule has 2 N–H and O–H groups in total. The largest absolute Gasteiger partial charge is 0.504 e. The molecule has 0 unspecified atom stereocenters. The summed E-state index contributed by atoms with van der Waals surface area (Å²) in [5.74, 6) is -6.32. The average Bonchev–Trinajstić information content (AvgIpc) is 3.03. The highest BCUT2D eigenvalue weighted by atomic mass is 16.5. The number of ketones is 2. The van der Waals surface area contributed by atoms with E-state index in [0.29, 0.717) is 18.6 Å². The summed E-state index contributed by atoms with van der Waals surface area (Å²) in [6.07, 6.45) is 1.16. The number of hydrogen-bond donors (Lipinski definition) is 2. The third-order valence-electron chi connectivity index (χ3n) is 6.38. The summed E-state index contributed by atoms with van der Waals surface area (Å²) < 4.78 is 16.0. The van der Waals surface area contributed by atoms with Crippen LogP contribution in [0.4, 0.5) is 0 Å². The van der Waals surface area contributed by atoms with Gasteiger partial charge in [0, 0.05) is 11.1 Å². The fourth-order valence-corrected chi connectivity index (χ4v) is 4.17. The van der Waals surface area contributed by atoms with E-state index in [4.69, 9.17) is 14.2 Å². The Morgan fingerprint density at radius 1 is 0.643 bits per heavy atom. The summed E-state index contributed by atoms with van der Waals surface area (Å²) in [6.45, 7) is 1.83. The highest BCUT2D eigenvalue weighted by Crippen LogP contribution is 2.46. The van der Waals surface area contributed by atoms with Crippen LogP contribution in [0, 0.1) is 0 Å². The number of phenols is 2. The second kappa shape index (κ2) is 13.3. The van der Waals surface area contributed by atoms with Crippen molar-refractivity contribution in [1.82, 2.24) is 0 Å². The third-order valence-corrected chi connectivity index (χ3v) is 6.38. The zero-order valence-corrected chi connectivity index (χ0v) is 23.0. The van der Waals surface area contributed by atoms with Gasteiger partial charge in [-0.2, -0.15) is 0 Å². The molecule has 0 aliphatic carbocycles. The number of benzene rings is 4. The molecule has 0 aliphatic rings. The van der Waals surface area contributed by atoms with Crippen molar-refractivity contribution in [2.24, 2.45) is 0 Å². The fourth-order valence-electron chi connectivity index (χ4n) is 4.17. The Kier molecular flexibility index (Phi) is 9.34. The van der Waals surface area contributed by atoms with Crippen molar-refractivity contribution in [1.29, 1.82) is 0 Å². The van der Waals surface area contributed by atoms with Crippen molar-refractivity contribution in [3.05, 3.63) is 118 Å². The molecule has 9 heteroatoms. The van der Waals surface area contributed by atoms with E-state index in [-0.39, 0.29) is 23.3 Å². The van der Waals surface area contributed by atoms with Crippen molar-refractivity contribution >= 4 is 23.5 Å². The minimum Gasteiger partial charge on any atom is -0.504 e. The summed E-state index contributed by atoms with van der Waals surface area (Å²) in [5, 5.41) is 22.3. The number of hydrogen-bond acceptors (Lipinski definition) is 9. The zero-order valence-electron chi connectivity index (χ0n) is 23.0. The molecule has 0 saturated heterocycles. The van der Waals surface area contributed by atoms with E-state index in [0.717, 1.165) is 0 Å². The van der Waals surface area contributed by atoms with E-state index < -0.39 is 57.4 Å². The first kappa shape index (κ1) is 29.5. The maximum atomic E-state index is 14.1. The molecule has 214 valence electrons. The number of unbranched alkanes of at least 4 members (excludes halogenated alkanes) is 1. The Morgan fingerprint density at radius 3 is 1.76 bits per heavy atom. The third kappa shape index (κ3) is 6.15. The molecule has 0 heterocycles. The molecule has 4 aromatic carbocycles. The fraction of sp³-hybridized carbons (Fsp3) is 0.152. The van der Waals surface area contributed by atoms with E-state index in [1.165, 1.54) is 55.6 Å². The van der Waals surface area contributed by atoms with Gasteiger partial charge in [0.25, 0.3) is 0 Å². The van der Waals surface area contributed by atoms with Crippen LogP contribution in [0.25, 0.3) is 0 Å². The molecular formula is C33H28O9. The molecule has 4 rings (SSSR count). The van der Waals surface area contributed by atoms with Crippen LogP contribution in [-0.2, 0) is 4.74 Å². The number of phenolic OH excluding ortho intramolecular Hbond substituents is 2. The Balaban J connectivity index is 2.02. The van der Waals surface area contributed by atoms with Gasteiger partial charge in [-0.05, 0) is 42.8 Å². The minimum absolute atomic E-state index is 0.0126. The van der Waals surface area contributed by atoms with Crippen molar-refractivity contribution in [3.8, 4) is 23.0 Å². The van der Waals surface area contributed by atoms with Crippen molar-refractivity contribution in [2.75, 3.05) is 13.7 Å². The average molecular weight is 569 g/mol. The summed E-state index contributed by atoms with van der Waals surface area (Å²) in [7, 11) is 1.45. The van der Waals surface area contributed by atoms with Crippen molar-refractivity contribution in [3.63, 3.8) is 0 Å². The summed E-state index contributed by atoms with van der Waals surface area (Å²) in [4.78, 5) is 54.5. The Labute approximate surface area is 241 Å². The summed E-state index contributed by atoms with van der Waals surface area (Å²) >= 11 is 0. The van der Waals surface area contributed by atoms with Gasteiger partial charge < -0.3 is 24.4 Å². The van der Waals surface area contributed by atoms with Crippen LogP contribution in [0.5, 0.6) is 23.0 Å². The monoisotopic (exact) mass is 568 g/mol. The van der Waals surface area contributed by atoms with Gasteiger partial charge in [0.15, 0.2) is 23.1 Å². The van der Waals surface area contributed by atoms with Crippen molar-refractivity contribution < 1.29 is 43.6 Å². The van der Waals surface area contributed by atoms with Gasteiger partial charge >= 0.3 is 11.9 Å². The molecule has 0 spiro atoms. The SMILES string of the molecule is CCCCOC(=O)c1c(C(=O)c2ccccc2)c(O)c(O)c(OC(=O)c2ccccc2)c1C(=O)c1ccc(OC)cc1. The quantitative estimate of drug-likeness (QED) is 0.0762. The molecule has 0 aromatic heterocycles. The molecule has 42 heavy (non-hydrogen) atoms. The molecule has 0 bridgehead atoms. The summed E-state index contributed by atoms with van der Waals surface area (Å²) in [5.41, 5.74) is -1.80. The number of ether oxygens (including phenoxy) is 3. The van der Waals surface area contributed by atoms with Gasteiger partial charge in [-0.3, -0.25) is 9.59 Å². The Bertz CT molecular complexity index is 1610. The van der Waals surface area contributed by atoms with Crippen LogP contribution < -0.4 is 9.47 Å². The number of aromatic hydroxyl groups is 2. The van der Waals surface area contributed by atoms with Crippen LogP contribution in [-0.4, -0.2) is 47.4 Å². The predicted octanol–water partition coefficient (Wildman–Crippen LogP) is 5.74. The first-order chi connectivity index (χ1) is 20.3. The molecule has 4 aromatic rings. The van der Waals surface area contributed by atoms with E-state index in [1.54, 1.807) is 36.4 Å². The van der Waals surface area contributed by atoms with E-state index in [1.807, 2.05) is 6.92 Å². The zero-order chi connectivity index (χ0) is 30.2. The lowest BCUT2D eigenvalue weighted by atomic mass is 9.88. The summed E-state index contributed by atoms with van der Waals surface area (Å²) in [6, 6.07) is 21.2. The maximum absolute atomic E-state index is 14.1. The Morgan fingerprint density at radius 2 is 1.19 bits per heavy atom. The van der Waals surface area contributed by atoms with Crippen LogP contribution in [0.3, 0.4) is 0 Å². The lowest BCUT2D eigenvalue weighted by molar-refractivity contribution is 0.0491. The van der Waals surface area contributed by atoms with Crippen LogP contribution >= 0.6 is 0 Å². The normalized spacial score (nSPS) is 10.5. The van der Waals surface area contributed by atoms with Gasteiger partial charge in [0.1, 0.15) is 5.75 Å². The molecular weight excluding hydrogens is 540 g/mol. The highest BCUT2D eigenvalue weighted by Gasteiger charge is 2.37. The molecule has 0 amide bonds. The molecule has 0 fully saturated rings. The lowest BCUT2D eigenvalue weighted by Gasteiger charge is -2.20. The van der Waals surface area contributed by atoms with Crippen molar-refractivity contribution in [2.45, 2.75) is 19.8 Å². The smallest absolute Gasteiger partial charge is 0.343 e. The van der Waals surface area contributed by atoms with Gasteiger partial charge in [0.05, 0.1) is 36.0 Å². The van der Waals surface area contributed by atoms with Crippen LogP contribution in [0.15, 0.2) is 84.9 Å². The van der Waals surface area contributed by atoms with Gasteiger partial charge in [0.2, 0.25) is 5.75 Å². The first-order valence-electron chi connectivity index (χ1n) is 13.1. The predicted molar refractivity (Wildman–Crippen MR) is 153 cm³/mol. The maximum Gasteiger partial charge on any atom is 0.343 e. The van der Waals surface area contributed by atoms with E-state index >= 15 is 0 Å². The van der Waals surface area contributed by atoms with Gasteiger partial charge in [-0.1, -0.05) is 61.9 Å². The standard InChI is InChI=1S/C33H28O9/c1-3-4-19-41-33(39)24-25(27(34)20-11-7-5-8-12-20)29(36)30(37)31(42-32(38)22-13-9-6-10-14-22)26(24)28(35)21-15-17-23(40-2)18-16-21/h5-18,36-37H,3-4,19H2,1-2H3. The van der Waals surface area contributed by atoms with Gasteiger partial charge in [-0.25, -0.2) is 9.59 Å². The number of rotatable bonds is 11. The lowest BCUT2D eigenvalue weighted by Crippen LogP contribution is -2.22. The van der Waals surface area contributed by atoms with E-state index in [9.17, 15) is 29.4 Å². The van der Waals surface area contributed by atoms with E-state index in [2.05, 4.69) is 0 Å². The molecule has 0 aliphatic heterocycles. The number of esters is 2. The molecule has 0 radical (unpaired) electrons. The number of methoxy groups -OCH3 is 1. The molecule has 9 nitrogen and oxygen atoms in total. The number of carbonyl (C=O) groups is 4. The second-order valence-corrected chi connectivity index (χ2v) is 9.15.